The molecule has 2 aromatic rings. The fourth-order valence-electron chi connectivity index (χ4n) is 3.03. The summed E-state index contributed by atoms with van der Waals surface area (Å²) in [4.78, 5) is 11.8. The molecule has 0 saturated heterocycles. The zero-order chi connectivity index (χ0) is 21.8. The summed E-state index contributed by atoms with van der Waals surface area (Å²) < 4.78 is 5.28. The number of aliphatic hydroxyl groups excluding tert-OH is 1. The monoisotopic (exact) mass is 452 g/mol. The van der Waals surface area contributed by atoms with E-state index in [1.54, 1.807) is 12.1 Å². The third kappa shape index (κ3) is 8.92. The predicted octanol–water partition coefficient (Wildman–Crippen LogP) is 4.94. The summed E-state index contributed by atoms with van der Waals surface area (Å²) in [5.74, 6) is -0.136. The van der Waals surface area contributed by atoms with E-state index in [-0.39, 0.29) is 5.97 Å². The second kappa shape index (κ2) is 13.5. The van der Waals surface area contributed by atoms with Crippen LogP contribution in [0.5, 0.6) is 0 Å². The summed E-state index contributed by atoms with van der Waals surface area (Å²) in [5, 5.41) is 14.1. The maximum Gasteiger partial charge on any atom is 0.305 e. The molecule has 2 aromatic carbocycles. The lowest BCUT2D eigenvalue weighted by molar-refractivity contribution is -0.143. The van der Waals surface area contributed by atoms with Crippen molar-refractivity contribution in [3.8, 4) is 0 Å². The minimum absolute atomic E-state index is 0.136. The first-order valence-corrected chi connectivity index (χ1v) is 11.1. The van der Waals surface area contributed by atoms with Crippen LogP contribution < -0.4 is 11.1 Å². The van der Waals surface area contributed by atoms with Gasteiger partial charge in [0.2, 0.25) is 0 Å². The summed E-state index contributed by atoms with van der Waals surface area (Å²) in [6.45, 7) is 1.60. The zero-order valence-electron chi connectivity index (χ0n) is 17.1. The van der Waals surface area contributed by atoms with E-state index in [0.717, 1.165) is 38.6 Å². The van der Waals surface area contributed by atoms with E-state index in [9.17, 15) is 9.90 Å². The van der Waals surface area contributed by atoms with Crippen molar-refractivity contribution in [3.63, 3.8) is 0 Å². The summed E-state index contributed by atoms with van der Waals surface area (Å²) >= 11 is 12.0. The molecule has 0 aliphatic carbocycles. The number of carbonyl (C=O) groups excluding carboxylic acids is 1. The van der Waals surface area contributed by atoms with Gasteiger partial charge in [-0.05, 0) is 55.5 Å². The van der Waals surface area contributed by atoms with Crippen LogP contribution in [0.2, 0.25) is 10.0 Å². The van der Waals surface area contributed by atoms with Crippen molar-refractivity contribution in [2.75, 3.05) is 25.4 Å². The molecule has 7 heteroatoms. The van der Waals surface area contributed by atoms with Gasteiger partial charge in [-0.15, -0.1) is 0 Å². The van der Waals surface area contributed by atoms with Crippen molar-refractivity contribution in [2.24, 2.45) is 0 Å². The molecule has 0 spiro atoms. The van der Waals surface area contributed by atoms with Gasteiger partial charge in [-0.25, -0.2) is 0 Å². The van der Waals surface area contributed by atoms with Crippen molar-refractivity contribution in [1.82, 2.24) is 5.32 Å². The third-order valence-electron chi connectivity index (χ3n) is 4.77. The van der Waals surface area contributed by atoms with Crippen molar-refractivity contribution in [1.29, 1.82) is 0 Å². The summed E-state index contributed by atoms with van der Waals surface area (Å²) in [7, 11) is 0. The lowest BCUT2D eigenvalue weighted by atomic mass is 10.1. The van der Waals surface area contributed by atoms with Crippen LogP contribution in [0.4, 0.5) is 5.69 Å². The van der Waals surface area contributed by atoms with Gasteiger partial charge in [-0.2, -0.15) is 0 Å². The molecule has 0 aromatic heterocycles. The van der Waals surface area contributed by atoms with Crippen molar-refractivity contribution in [2.45, 2.75) is 44.6 Å². The highest BCUT2D eigenvalue weighted by atomic mass is 35.5. The second-order valence-corrected chi connectivity index (χ2v) is 8.05. The number of carbonyl (C=O) groups is 1. The number of benzene rings is 2. The molecular weight excluding hydrogens is 423 g/mol. The number of unbranched alkanes of at least 4 members (excludes halogenated alkanes) is 2. The van der Waals surface area contributed by atoms with Gasteiger partial charge in [0.05, 0.1) is 28.4 Å². The van der Waals surface area contributed by atoms with E-state index in [1.165, 1.54) is 5.56 Å². The van der Waals surface area contributed by atoms with Crippen LogP contribution in [0.25, 0.3) is 0 Å². The van der Waals surface area contributed by atoms with Crippen LogP contribution in [-0.4, -0.2) is 30.8 Å². The number of anilines is 1. The molecule has 1 unspecified atom stereocenters. The van der Waals surface area contributed by atoms with E-state index in [0.29, 0.717) is 40.9 Å². The first kappa shape index (κ1) is 24.5. The summed E-state index contributed by atoms with van der Waals surface area (Å²) in [6, 6.07) is 13.4. The Kier molecular flexibility index (Phi) is 11.0. The Labute approximate surface area is 188 Å². The molecule has 0 aliphatic rings. The Morgan fingerprint density at radius 3 is 2.47 bits per heavy atom. The highest BCUT2D eigenvalue weighted by molar-refractivity contribution is 6.38. The fraction of sp³-hybridized carbons (Fsp3) is 0.435. The van der Waals surface area contributed by atoms with Crippen LogP contribution in [0.3, 0.4) is 0 Å². The molecule has 0 fully saturated rings. The molecular formula is C23H30Cl2N2O3. The average Bonchev–Trinajstić information content (AvgIpc) is 2.74. The topological polar surface area (TPSA) is 84.6 Å². The number of hydrogen-bond donors (Lipinski definition) is 3. The highest BCUT2D eigenvalue weighted by Crippen LogP contribution is 2.31. The molecule has 30 heavy (non-hydrogen) atoms. The number of aryl methyl sites for hydroxylation is 1. The first-order chi connectivity index (χ1) is 14.5. The van der Waals surface area contributed by atoms with E-state index >= 15 is 0 Å². The number of nitrogens with one attached hydrogen (secondary N) is 1. The number of rotatable bonds is 13. The molecule has 164 valence electrons. The van der Waals surface area contributed by atoms with Crippen LogP contribution >= 0.6 is 23.2 Å². The smallest absolute Gasteiger partial charge is 0.305 e. The largest absolute Gasteiger partial charge is 0.466 e. The number of nitrogen functional groups attached to an aromatic ring is 1. The number of halogens is 2. The number of nitrogens with two attached hydrogens (primary N) is 1. The maximum atomic E-state index is 11.8. The van der Waals surface area contributed by atoms with E-state index in [4.69, 9.17) is 33.7 Å². The maximum absolute atomic E-state index is 11.8. The van der Waals surface area contributed by atoms with Crippen molar-refractivity contribution >= 4 is 34.9 Å². The lowest BCUT2D eigenvalue weighted by Gasteiger charge is -2.14. The van der Waals surface area contributed by atoms with Gasteiger partial charge < -0.3 is 20.9 Å². The number of ether oxygens (including phenoxy) is 1. The standard InChI is InChI=1S/C23H30Cl2N2O3/c24-19-14-18(15-20(25)23(19)26)21(28)16-27-12-6-2-5-11-22(29)30-13-7-10-17-8-3-1-4-9-17/h1,3-4,8-9,14-15,21,27-28H,2,5-7,10-13,16,26H2. The van der Waals surface area contributed by atoms with Gasteiger partial charge in [0, 0.05) is 13.0 Å². The minimum Gasteiger partial charge on any atom is -0.466 e. The first-order valence-electron chi connectivity index (χ1n) is 10.3. The van der Waals surface area contributed by atoms with Crippen LogP contribution in [0.15, 0.2) is 42.5 Å². The third-order valence-corrected chi connectivity index (χ3v) is 5.40. The Morgan fingerprint density at radius 1 is 1.07 bits per heavy atom. The van der Waals surface area contributed by atoms with Crippen molar-refractivity contribution < 1.29 is 14.6 Å². The van der Waals surface area contributed by atoms with Crippen molar-refractivity contribution in [3.05, 3.63) is 63.6 Å². The Morgan fingerprint density at radius 2 is 1.77 bits per heavy atom. The quantitative estimate of drug-likeness (QED) is 0.227. The van der Waals surface area contributed by atoms with E-state index < -0.39 is 6.10 Å². The Hall–Kier alpha value is -1.79. The Bertz CT molecular complexity index is 764. The van der Waals surface area contributed by atoms with Crippen LogP contribution in [-0.2, 0) is 16.0 Å². The molecule has 1 atom stereocenters. The molecule has 0 bridgehead atoms. The lowest BCUT2D eigenvalue weighted by Crippen LogP contribution is -2.22. The van der Waals surface area contributed by atoms with E-state index in [2.05, 4.69) is 17.4 Å². The molecule has 4 N–H and O–H groups in total. The van der Waals surface area contributed by atoms with Gasteiger partial charge >= 0.3 is 5.97 Å². The van der Waals surface area contributed by atoms with Gasteiger partial charge in [-0.1, -0.05) is 60.0 Å². The van der Waals surface area contributed by atoms with E-state index in [1.807, 2.05) is 18.2 Å². The summed E-state index contributed by atoms with van der Waals surface area (Å²) in [6.07, 6.45) is 4.11. The summed E-state index contributed by atoms with van der Waals surface area (Å²) in [5.41, 5.74) is 7.91. The van der Waals surface area contributed by atoms with Gasteiger partial charge in [0.15, 0.2) is 0 Å². The Balaban J connectivity index is 1.48. The van der Waals surface area contributed by atoms with Crippen LogP contribution in [0.1, 0.15) is 49.3 Å². The molecule has 0 saturated carbocycles. The zero-order valence-corrected chi connectivity index (χ0v) is 18.6. The van der Waals surface area contributed by atoms with Gasteiger partial charge in [0.1, 0.15) is 0 Å². The number of aliphatic hydroxyl groups is 1. The fourth-order valence-corrected chi connectivity index (χ4v) is 3.53. The molecule has 0 radical (unpaired) electrons. The minimum atomic E-state index is -0.716. The number of esters is 1. The normalized spacial score (nSPS) is 12.0. The molecule has 2 rings (SSSR count). The molecule has 5 nitrogen and oxygen atoms in total. The average molecular weight is 453 g/mol. The molecule has 0 amide bonds. The second-order valence-electron chi connectivity index (χ2n) is 7.24. The SMILES string of the molecule is Nc1c(Cl)cc(C(O)CNCCCCCC(=O)OCCCc2ccccc2)cc1Cl. The van der Waals surface area contributed by atoms with Gasteiger partial charge in [0.25, 0.3) is 0 Å². The molecule has 0 heterocycles. The van der Waals surface area contributed by atoms with Gasteiger partial charge in [-0.3, -0.25) is 4.79 Å². The molecule has 0 aliphatic heterocycles. The van der Waals surface area contributed by atoms with Crippen LogP contribution in [0, 0.1) is 0 Å². The number of hydrogen-bond acceptors (Lipinski definition) is 5. The highest BCUT2D eigenvalue weighted by Gasteiger charge is 2.12. The predicted molar refractivity (Wildman–Crippen MR) is 123 cm³/mol.